The van der Waals surface area contributed by atoms with E-state index >= 15 is 0 Å². The fourth-order valence-electron chi connectivity index (χ4n) is 6.23. The van der Waals surface area contributed by atoms with Gasteiger partial charge < -0.3 is 31.1 Å². The van der Waals surface area contributed by atoms with Gasteiger partial charge in [0.05, 0.1) is 17.9 Å². The van der Waals surface area contributed by atoms with Gasteiger partial charge in [-0.05, 0) is 48.6 Å². The Hall–Kier alpha value is -4.24. The topological polar surface area (TPSA) is 226 Å². The minimum absolute atomic E-state index is 0.0698. The van der Waals surface area contributed by atoms with Gasteiger partial charge in [-0.25, -0.2) is 13.1 Å². The number of carboxylic acid groups (broad SMARTS) is 1. The van der Waals surface area contributed by atoms with Gasteiger partial charge in [0, 0.05) is 45.4 Å². The van der Waals surface area contributed by atoms with Crippen LogP contribution in [0, 0.1) is 17.2 Å². The van der Waals surface area contributed by atoms with Crippen LogP contribution in [0.1, 0.15) is 39.0 Å². The first-order chi connectivity index (χ1) is 20.7. The van der Waals surface area contributed by atoms with Crippen LogP contribution in [0.4, 0.5) is 0 Å². The SMILES string of the molecule is CC(=O)O.COC(=O)C1CCCN(C(=O)CCNS(=O)(=O)c2ccc3ccccc3c2)C1(C(N)=O)[C@H]1CCCN(C(=N)N)C1. The van der Waals surface area contributed by atoms with Crippen LogP contribution in [0.25, 0.3) is 10.8 Å². The van der Waals surface area contributed by atoms with Crippen LogP contribution in [-0.4, -0.2) is 91.9 Å². The van der Waals surface area contributed by atoms with Gasteiger partial charge in [-0.3, -0.25) is 24.6 Å². The van der Waals surface area contributed by atoms with Crippen molar-refractivity contribution in [3.05, 3.63) is 42.5 Å². The number of hydrogen-bond acceptors (Lipinski definition) is 8. The number of aliphatic carboxylic acids is 1. The molecule has 14 nitrogen and oxygen atoms in total. The van der Waals surface area contributed by atoms with Crippen LogP contribution in [0.15, 0.2) is 47.4 Å². The summed E-state index contributed by atoms with van der Waals surface area (Å²) < 4.78 is 33.5. The molecular formula is C29H40N6O8S. The van der Waals surface area contributed by atoms with Crippen LogP contribution >= 0.6 is 0 Å². The minimum Gasteiger partial charge on any atom is -0.481 e. The van der Waals surface area contributed by atoms with E-state index in [1.807, 2.05) is 24.3 Å². The molecule has 0 radical (unpaired) electrons. The third kappa shape index (κ3) is 7.45. The van der Waals surface area contributed by atoms with Crippen LogP contribution in [-0.2, 0) is 33.9 Å². The summed E-state index contributed by atoms with van der Waals surface area (Å²) in [5, 5.41) is 17.0. The summed E-state index contributed by atoms with van der Waals surface area (Å²) >= 11 is 0. The van der Waals surface area contributed by atoms with Crippen molar-refractivity contribution in [2.45, 2.75) is 49.5 Å². The number of hydrogen-bond donors (Lipinski definition) is 5. The molecule has 0 aliphatic carbocycles. The zero-order chi connectivity index (χ0) is 32.7. The summed E-state index contributed by atoms with van der Waals surface area (Å²) in [6.07, 6.45) is 1.55. The van der Waals surface area contributed by atoms with E-state index in [0.717, 1.165) is 17.7 Å². The predicted octanol–water partition coefficient (Wildman–Crippen LogP) is 0.840. The number of nitrogens with one attached hydrogen (secondary N) is 2. The molecule has 3 atom stereocenters. The summed E-state index contributed by atoms with van der Waals surface area (Å²) in [7, 11) is -2.70. The number of sulfonamides is 1. The standard InChI is InChI=1S/C27H36N6O6S.C2H4O2/c1-39-24(35)22-9-5-15-33(27(22,25(28)36)20-8-4-14-32(17-20)26(29)30)23(34)12-13-31-40(37,38)21-11-10-18-6-2-3-7-19(18)16-21;1-2(3)4/h2-3,6-7,10-11,16,20,22,31H,4-5,8-9,12-15,17H2,1H3,(H2,28,36)(H3,29,30);1H3,(H,3,4)/t20-,22?,27?;/m0./s1. The van der Waals surface area contributed by atoms with Crippen molar-refractivity contribution in [3.8, 4) is 0 Å². The number of carboxylic acids is 1. The Morgan fingerprint density at radius 1 is 1.07 bits per heavy atom. The van der Waals surface area contributed by atoms with E-state index < -0.39 is 51.2 Å². The second-order valence-electron chi connectivity index (χ2n) is 10.8. The van der Waals surface area contributed by atoms with E-state index in [2.05, 4.69) is 4.72 Å². The lowest BCUT2D eigenvalue weighted by atomic mass is 9.65. The lowest BCUT2D eigenvalue weighted by Crippen LogP contribution is -2.73. The summed E-state index contributed by atoms with van der Waals surface area (Å²) in [6, 6.07) is 12.2. The number of nitrogens with zero attached hydrogens (tertiary/aromatic N) is 2. The van der Waals surface area contributed by atoms with Crippen LogP contribution in [0.5, 0.6) is 0 Å². The highest BCUT2D eigenvalue weighted by Crippen LogP contribution is 2.44. The molecule has 0 saturated carbocycles. The van der Waals surface area contributed by atoms with E-state index in [0.29, 0.717) is 32.2 Å². The third-order valence-electron chi connectivity index (χ3n) is 8.08. The van der Waals surface area contributed by atoms with Crippen molar-refractivity contribution in [2.24, 2.45) is 23.3 Å². The lowest BCUT2D eigenvalue weighted by molar-refractivity contribution is -0.173. The predicted molar refractivity (Wildman–Crippen MR) is 162 cm³/mol. The molecule has 2 aromatic rings. The Bertz CT molecular complexity index is 1510. The Morgan fingerprint density at radius 2 is 1.70 bits per heavy atom. The molecule has 2 heterocycles. The maximum Gasteiger partial charge on any atom is 0.311 e. The van der Waals surface area contributed by atoms with Crippen LogP contribution in [0.2, 0.25) is 0 Å². The molecule has 0 spiro atoms. The molecule has 44 heavy (non-hydrogen) atoms. The van der Waals surface area contributed by atoms with Crippen molar-refractivity contribution in [2.75, 3.05) is 33.3 Å². The Morgan fingerprint density at radius 3 is 2.32 bits per heavy atom. The van der Waals surface area contributed by atoms with Crippen LogP contribution < -0.4 is 16.2 Å². The first-order valence-electron chi connectivity index (χ1n) is 14.2. The highest BCUT2D eigenvalue weighted by atomic mass is 32.2. The number of carbonyl (C=O) groups is 4. The van der Waals surface area contributed by atoms with Crippen molar-refractivity contribution < 1.29 is 37.4 Å². The number of piperidine rings is 2. The van der Waals surface area contributed by atoms with E-state index in [1.54, 1.807) is 17.0 Å². The van der Waals surface area contributed by atoms with E-state index in [-0.39, 0.29) is 36.9 Å². The number of nitrogens with two attached hydrogens (primary N) is 2. The van der Waals surface area contributed by atoms with E-state index in [1.165, 1.54) is 18.1 Å². The zero-order valence-corrected chi connectivity index (χ0v) is 25.6. The zero-order valence-electron chi connectivity index (χ0n) is 24.8. The molecule has 2 aromatic carbocycles. The summed E-state index contributed by atoms with van der Waals surface area (Å²) in [4.78, 5) is 52.0. The maximum atomic E-state index is 13.7. The maximum absolute atomic E-state index is 13.7. The van der Waals surface area contributed by atoms with Crippen LogP contribution in [0.3, 0.4) is 0 Å². The highest BCUT2D eigenvalue weighted by molar-refractivity contribution is 7.89. The van der Waals surface area contributed by atoms with Gasteiger partial charge in [0.25, 0.3) is 5.97 Å². The number of likely N-dealkylation sites (tertiary alicyclic amines) is 2. The molecule has 2 unspecified atom stereocenters. The van der Waals surface area contributed by atoms with Gasteiger partial charge in [-0.15, -0.1) is 0 Å². The van der Waals surface area contributed by atoms with Crippen molar-refractivity contribution >= 4 is 50.5 Å². The van der Waals surface area contributed by atoms with E-state index in [9.17, 15) is 22.8 Å². The van der Waals surface area contributed by atoms with Gasteiger partial charge in [-0.1, -0.05) is 30.3 Å². The molecule has 2 amide bonds. The number of carbonyl (C=O) groups excluding carboxylic acids is 3. The molecule has 2 aliphatic rings. The molecule has 0 aromatic heterocycles. The third-order valence-corrected chi connectivity index (χ3v) is 9.54. The number of methoxy groups -OCH3 is 1. The number of primary amides is 1. The molecular weight excluding hydrogens is 592 g/mol. The lowest BCUT2D eigenvalue weighted by Gasteiger charge is -2.54. The first kappa shape index (κ1) is 34.3. The molecule has 2 saturated heterocycles. The number of guanidine groups is 1. The molecule has 4 rings (SSSR count). The van der Waals surface area contributed by atoms with Gasteiger partial charge in [0.2, 0.25) is 21.8 Å². The highest BCUT2D eigenvalue weighted by Gasteiger charge is 2.60. The molecule has 0 bridgehead atoms. The van der Waals surface area contributed by atoms with Gasteiger partial charge in [-0.2, -0.15) is 0 Å². The summed E-state index contributed by atoms with van der Waals surface area (Å²) in [6.45, 7) is 1.72. The number of benzene rings is 2. The van der Waals surface area contributed by atoms with E-state index in [4.69, 9.17) is 31.5 Å². The normalized spacial score (nSPS) is 22.0. The number of rotatable bonds is 8. The number of esters is 1. The van der Waals surface area contributed by atoms with Gasteiger partial charge in [0.1, 0.15) is 5.54 Å². The average molecular weight is 633 g/mol. The van der Waals surface area contributed by atoms with Crippen molar-refractivity contribution in [1.82, 2.24) is 14.5 Å². The molecule has 240 valence electrons. The molecule has 2 aliphatic heterocycles. The molecule has 15 heteroatoms. The number of amides is 2. The second kappa shape index (κ2) is 14.5. The smallest absolute Gasteiger partial charge is 0.311 e. The van der Waals surface area contributed by atoms with Gasteiger partial charge >= 0.3 is 5.97 Å². The van der Waals surface area contributed by atoms with Crippen molar-refractivity contribution in [3.63, 3.8) is 0 Å². The first-order valence-corrected chi connectivity index (χ1v) is 15.7. The van der Waals surface area contributed by atoms with Gasteiger partial charge in [0.15, 0.2) is 5.96 Å². The minimum atomic E-state index is -3.92. The average Bonchev–Trinajstić information content (AvgIpc) is 2.99. The summed E-state index contributed by atoms with van der Waals surface area (Å²) in [5.74, 6) is -4.56. The Kier molecular flexibility index (Phi) is 11.3. The Labute approximate surface area is 256 Å². The number of ether oxygens (including phenoxy) is 1. The largest absolute Gasteiger partial charge is 0.481 e. The fourth-order valence-corrected chi connectivity index (χ4v) is 7.30. The number of fused-ring (bicyclic) bond motifs is 1. The van der Waals surface area contributed by atoms with Crippen molar-refractivity contribution in [1.29, 1.82) is 5.41 Å². The summed E-state index contributed by atoms with van der Waals surface area (Å²) in [5.41, 5.74) is 10.1. The molecule has 2 fully saturated rings. The fraction of sp³-hybridized carbons (Fsp3) is 0.483. The molecule has 7 N–H and O–H groups in total. The quantitative estimate of drug-likeness (QED) is 0.156. The monoisotopic (exact) mass is 632 g/mol. The Balaban J connectivity index is 0.00000124. The second-order valence-corrected chi connectivity index (χ2v) is 12.6.